The number of benzene rings is 3. The SMILES string of the molecule is COC(=O)Cc1c(O)n(Cc2ccc3ccccc3c2)c(=O)n1Cc1ccc(OC)cc1. The van der Waals surface area contributed by atoms with Crippen LogP contribution in [0.2, 0.25) is 0 Å². The van der Waals surface area contributed by atoms with E-state index >= 15 is 0 Å². The number of nitrogens with zero attached hydrogens (tertiary/aromatic N) is 2. The third-order valence-electron chi connectivity index (χ3n) is 5.50. The second kappa shape index (κ2) is 9.01. The molecule has 7 heteroatoms. The molecule has 0 atom stereocenters. The highest BCUT2D eigenvalue weighted by molar-refractivity contribution is 5.83. The average molecular weight is 432 g/mol. The fourth-order valence-corrected chi connectivity index (χ4v) is 3.75. The van der Waals surface area contributed by atoms with Gasteiger partial charge in [-0.05, 0) is 40.1 Å². The minimum absolute atomic E-state index is 0.180. The molecule has 4 rings (SSSR count). The molecule has 32 heavy (non-hydrogen) atoms. The zero-order valence-electron chi connectivity index (χ0n) is 17.9. The summed E-state index contributed by atoms with van der Waals surface area (Å²) in [7, 11) is 2.86. The Kier molecular flexibility index (Phi) is 5.98. The van der Waals surface area contributed by atoms with Gasteiger partial charge in [-0.1, -0.05) is 48.5 Å². The number of aromatic nitrogens is 2. The minimum atomic E-state index is -0.536. The van der Waals surface area contributed by atoms with Gasteiger partial charge in [0.05, 0.1) is 39.4 Å². The van der Waals surface area contributed by atoms with E-state index in [2.05, 4.69) is 0 Å². The fourth-order valence-electron chi connectivity index (χ4n) is 3.75. The van der Waals surface area contributed by atoms with Crippen molar-refractivity contribution in [2.24, 2.45) is 0 Å². The summed E-state index contributed by atoms with van der Waals surface area (Å²) in [6.07, 6.45) is -0.210. The lowest BCUT2D eigenvalue weighted by Crippen LogP contribution is -2.26. The molecule has 164 valence electrons. The molecule has 0 fully saturated rings. The summed E-state index contributed by atoms with van der Waals surface area (Å²) >= 11 is 0. The molecule has 1 N–H and O–H groups in total. The van der Waals surface area contributed by atoms with Crippen molar-refractivity contribution in [2.45, 2.75) is 19.5 Å². The molecular formula is C25H24N2O5. The number of rotatable bonds is 7. The lowest BCUT2D eigenvalue weighted by atomic mass is 10.1. The number of esters is 1. The highest BCUT2D eigenvalue weighted by atomic mass is 16.5. The van der Waals surface area contributed by atoms with Crippen LogP contribution >= 0.6 is 0 Å². The summed E-state index contributed by atoms with van der Waals surface area (Å²) in [5.74, 6) is -0.0682. The normalized spacial score (nSPS) is 10.9. The Morgan fingerprint density at radius 1 is 0.875 bits per heavy atom. The van der Waals surface area contributed by atoms with Gasteiger partial charge in [-0.2, -0.15) is 0 Å². The Hall–Kier alpha value is -4.00. The van der Waals surface area contributed by atoms with E-state index in [1.54, 1.807) is 19.2 Å². The summed E-state index contributed by atoms with van der Waals surface area (Å²) in [6.45, 7) is 0.382. The van der Waals surface area contributed by atoms with Crippen LogP contribution in [0.4, 0.5) is 0 Å². The molecule has 0 spiro atoms. The van der Waals surface area contributed by atoms with Crippen molar-refractivity contribution < 1.29 is 19.4 Å². The number of carbonyl (C=O) groups excluding carboxylic acids is 1. The van der Waals surface area contributed by atoms with E-state index in [9.17, 15) is 14.7 Å². The first-order chi connectivity index (χ1) is 15.5. The second-order valence-electron chi connectivity index (χ2n) is 7.51. The fraction of sp³-hybridized carbons (Fsp3) is 0.200. The van der Waals surface area contributed by atoms with Crippen molar-refractivity contribution in [2.75, 3.05) is 14.2 Å². The van der Waals surface area contributed by atoms with Crippen molar-refractivity contribution in [3.8, 4) is 11.6 Å². The van der Waals surface area contributed by atoms with Gasteiger partial charge in [0.2, 0.25) is 5.88 Å². The van der Waals surface area contributed by atoms with Crippen molar-refractivity contribution in [3.63, 3.8) is 0 Å². The Morgan fingerprint density at radius 2 is 1.53 bits per heavy atom. The minimum Gasteiger partial charge on any atom is -0.497 e. The van der Waals surface area contributed by atoms with Crippen LogP contribution in [0.15, 0.2) is 71.5 Å². The van der Waals surface area contributed by atoms with Crippen LogP contribution in [0.3, 0.4) is 0 Å². The maximum absolute atomic E-state index is 13.3. The number of aromatic hydroxyl groups is 1. The van der Waals surface area contributed by atoms with E-state index in [-0.39, 0.29) is 31.1 Å². The first-order valence-electron chi connectivity index (χ1n) is 10.2. The first-order valence-corrected chi connectivity index (χ1v) is 10.2. The van der Waals surface area contributed by atoms with E-state index in [0.29, 0.717) is 5.75 Å². The third-order valence-corrected chi connectivity index (χ3v) is 5.50. The number of hydrogen-bond acceptors (Lipinski definition) is 5. The smallest absolute Gasteiger partial charge is 0.331 e. The quantitative estimate of drug-likeness (QED) is 0.453. The van der Waals surface area contributed by atoms with Gasteiger partial charge in [0, 0.05) is 0 Å². The van der Waals surface area contributed by atoms with Crippen LogP contribution in [0.1, 0.15) is 16.8 Å². The van der Waals surface area contributed by atoms with Gasteiger partial charge in [0.25, 0.3) is 0 Å². The highest BCUT2D eigenvalue weighted by Crippen LogP contribution is 2.22. The Morgan fingerprint density at radius 3 is 2.22 bits per heavy atom. The molecule has 0 aliphatic heterocycles. The van der Waals surface area contributed by atoms with E-state index in [1.807, 2.05) is 54.6 Å². The number of ether oxygens (including phenoxy) is 2. The van der Waals surface area contributed by atoms with Gasteiger partial charge < -0.3 is 14.6 Å². The van der Waals surface area contributed by atoms with Crippen molar-refractivity contribution in [1.29, 1.82) is 0 Å². The summed E-state index contributed by atoms with van der Waals surface area (Å²) in [6, 6.07) is 21.1. The number of carbonyl (C=O) groups is 1. The molecule has 0 bridgehead atoms. The van der Waals surface area contributed by atoms with E-state index in [1.165, 1.54) is 16.2 Å². The molecule has 1 aromatic heterocycles. The lowest BCUT2D eigenvalue weighted by Gasteiger charge is -2.08. The third kappa shape index (κ3) is 4.23. The van der Waals surface area contributed by atoms with Gasteiger partial charge in [-0.3, -0.25) is 13.9 Å². The predicted octanol–water partition coefficient (Wildman–Crippen LogP) is 3.33. The van der Waals surface area contributed by atoms with E-state index < -0.39 is 11.7 Å². The molecule has 0 radical (unpaired) electrons. The monoisotopic (exact) mass is 432 g/mol. The molecule has 4 aromatic rings. The Labute approximate surface area is 185 Å². The van der Waals surface area contributed by atoms with Crippen LogP contribution in [0.5, 0.6) is 11.6 Å². The summed E-state index contributed by atoms with van der Waals surface area (Å²) in [5.41, 5.74) is 1.53. The van der Waals surface area contributed by atoms with E-state index in [4.69, 9.17) is 9.47 Å². The topological polar surface area (TPSA) is 82.7 Å². The maximum atomic E-state index is 13.3. The summed E-state index contributed by atoms with van der Waals surface area (Å²) in [5, 5.41) is 13.0. The van der Waals surface area contributed by atoms with Crippen LogP contribution in [-0.2, 0) is 29.0 Å². The standard InChI is InChI=1S/C25H24N2O5/c1-31-21-11-8-17(9-12-21)15-26-22(14-23(28)32-2)24(29)27(25(26)30)16-18-7-10-19-5-3-4-6-20(19)13-18/h3-13,29H,14-16H2,1-2H3. The second-order valence-corrected chi connectivity index (χ2v) is 7.51. The van der Waals surface area contributed by atoms with Crippen molar-refractivity contribution in [1.82, 2.24) is 9.13 Å². The number of hydrogen-bond donors (Lipinski definition) is 1. The van der Waals surface area contributed by atoms with Crippen LogP contribution in [0.25, 0.3) is 10.8 Å². The number of imidazole rings is 1. The van der Waals surface area contributed by atoms with Crippen molar-refractivity contribution >= 4 is 16.7 Å². The molecule has 7 nitrogen and oxygen atoms in total. The van der Waals surface area contributed by atoms with Gasteiger partial charge in [-0.15, -0.1) is 0 Å². The Bertz CT molecular complexity index is 1320. The van der Waals surface area contributed by atoms with Gasteiger partial charge in [0.15, 0.2) is 0 Å². The molecule has 0 saturated carbocycles. The maximum Gasteiger partial charge on any atom is 0.331 e. The molecule has 0 amide bonds. The van der Waals surface area contributed by atoms with Crippen LogP contribution in [0, 0.1) is 0 Å². The first kappa shape index (κ1) is 21.2. The van der Waals surface area contributed by atoms with Gasteiger partial charge in [-0.25, -0.2) is 4.79 Å². The van der Waals surface area contributed by atoms with Gasteiger partial charge in [0.1, 0.15) is 5.75 Å². The molecule has 0 aliphatic rings. The summed E-state index contributed by atoms with van der Waals surface area (Å²) in [4.78, 5) is 25.2. The van der Waals surface area contributed by atoms with Gasteiger partial charge >= 0.3 is 11.7 Å². The molecule has 1 heterocycles. The molecule has 0 aliphatic carbocycles. The van der Waals surface area contributed by atoms with Crippen molar-refractivity contribution in [3.05, 3.63) is 94.0 Å². The molecule has 0 saturated heterocycles. The average Bonchev–Trinajstić information content (AvgIpc) is 3.03. The van der Waals surface area contributed by atoms with E-state index in [0.717, 1.165) is 21.9 Å². The molecule has 0 unspecified atom stereocenters. The largest absolute Gasteiger partial charge is 0.497 e. The zero-order chi connectivity index (χ0) is 22.7. The predicted molar refractivity (Wildman–Crippen MR) is 121 cm³/mol. The lowest BCUT2D eigenvalue weighted by molar-refractivity contribution is -0.139. The number of fused-ring (bicyclic) bond motifs is 1. The number of methoxy groups -OCH3 is 2. The summed E-state index contributed by atoms with van der Waals surface area (Å²) < 4.78 is 12.6. The Balaban J connectivity index is 1.73. The highest BCUT2D eigenvalue weighted by Gasteiger charge is 2.22. The molecular weight excluding hydrogens is 408 g/mol. The molecule has 3 aromatic carbocycles. The van der Waals surface area contributed by atoms with Crippen LogP contribution < -0.4 is 10.4 Å². The zero-order valence-corrected chi connectivity index (χ0v) is 17.9. The van der Waals surface area contributed by atoms with Crippen LogP contribution in [-0.4, -0.2) is 34.4 Å².